The average Bonchev–Trinajstić information content (AvgIpc) is 3.61. The molecule has 10 heteroatoms. The summed E-state index contributed by atoms with van der Waals surface area (Å²) in [6, 6.07) is 8.49. The Balaban J connectivity index is 1.19. The molecule has 0 saturated carbocycles. The van der Waals surface area contributed by atoms with Crippen LogP contribution in [-0.4, -0.2) is 95.4 Å². The molecule has 2 saturated heterocycles. The van der Waals surface area contributed by atoms with Crippen molar-refractivity contribution in [3.05, 3.63) is 41.0 Å². The van der Waals surface area contributed by atoms with E-state index in [2.05, 4.69) is 56.0 Å². The molecule has 0 bridgehead atoms. The van der Waals surface area contributed by atoms with Crippen LogP contribution in [0.2, 0.25) is 0 Å². The molecule has 1 aromatic heterocycles. The molecule has 1 amide bonds. The molecule has 1 atom stereocenters. The summed E-state index contributed by atoms with van der Waals surface area (Å²) in [5.41, 5.74) is 9.91. The maximum atomic E-state index is 12.8. The van der Waals surface area contributed by atoms with Gasteiger partial charge in [0.2, 0.25) is 11.9 Å². The zero-order valence-corrected chi connectivity index (χ0v) is 21.7. The van der Waals surface area contributed by atoms with Crippen LogP contribution in [-0.2, 0) is 17.8 Å². The van der Waals surface area contributed by atoms with Gasteiger partial charge in [0.1, 0.15) is 17.7 Å². The number of piperazine rings is 1. The van der Waals surface area contributed by atoms with E-state index in [0.29, 0.717) is 5.95 Å². The Hall–Kier alpha value is -2.85. The Labute approximate surface area is 216 Å². The number of aromatic nitrogens is 2. The van der Waals surface area contributed by atoms with Crippen molar-refractivity contribution in [2.75, 3.05) is 74.1 Å². The van der Waals surface area contributed by atoms with Crippen LogP contribution in [0.4, 0.5) is 17.6 Å². The Kier molecular flexibility index (Phi) is 6.47. The number of anilines is 3. The van der Waals surface area contributed by atoms with Gasteiger partial charge in [-0.3, -0.25) is 9.79 Å². The average molecular weight is 507 g/mol. The molecule has 5 heterocycles. The van der Waals surface area contributed by atoms with E-state index in [-0.39, 0.29) is 11.9 Å². The molecule has 0 radical (unpaired) electrons. The number of thioether (sulfide) groups is 1. The molecule has 0 aliphatic carbocycles. The second kappa shape index (κ2) is 9.89. The number of amides is 1. The van der Waals surface area contributed by atoms with Gasteiger partial charge >= 0.3 is 0 Å². The predicted molar refractivity (Wildman–Crippen MR) is 146 cm³/mol. The lowest BCUT2D eigenvalue weighted by Crippen LogP contribution is -2.45. The normalized spacial score (nSPS) is 22.6. The van der Waals surface area contributed by atoms with Gasteiger partial charge in [-0.25, -0.2) is 0 Å². The van der Waals surface area contributed by atoms with Crippen molar-refractivity contribution in [2.45, 2.75) is 31.8 Å². The van der Waals surface area contributed by atoms with E-state index in [1.807, 2.05) is 4.90 Å². The molecule has 6 rings (SSSR count). The van der Waals surface area contributed by atoms with E-state index in [4.69, 9.17) is 10.7 Å². The molecule has 1 aromatic carbocycles. The van der Waals surface area contributed by atoms with E-state index < -0.39 is 0 Å². The van der Waals surface area contributed by atoms with Crippen molar-refractivity contribution in [3.8, 4) is 0 Å². The topological polar surface area (TPSA) is 94.2 Å². The van der Waals surface area contributed by atoms with Crippen LogP contribution >= 0.6 is 11.8 Å². The molecule has 36 heavy (non-hydrogen) atoms. The van der Waals surface area contributed by atoms with Gasteiger partial charge in [-0.1, -0.05) is 12.1 Å². The lowest BCUT2D eigenvalue weighted by Gasteiger charge is -2.34. The third-order valence-electron chi connectivity index (χ3n) is 7.69. The summed E-state index contributed by atoms with van der Waals surface area (Å²) >= 11 is 1.70. The van der Waals surface area contributed by atoms with Gasteiger partial charge in [0.05, 0.1) is 5.04 Å². The Morgan fingerprint density at radius 2 is 1.69 bits per heavy atom. The molecule has 2 fully saturated rings. The van der Waals surface area contributed by atoms with Crippen LogP contribution in [0, 0.1) is 0 Å². The minimum atomic E-state index is -0.243. The predicted octanol–water partition coefficient (Wildman–Crippen LogP) is 1.86. The fourth-order valence-electron chi connectivity index (χ4n) is 5.49. The number of benzene rings is 1. The largest absolute Gasteiger partial charge is 0.368 e. The summed E-state index contributed by atoms with van der Waals surface area (Å²) in [7, 11) is 2.15. The maximum Gasteiger partial charge on any atom is 0.248 e. The number of hydrogen-bond donors (Lipinski definition) is 1. The molecule has 9 nitrogen and oxygen atoms in total. The van der Waals surface area contributed by atoms with Gasteiger partial charge in [0.15, 0.2) is 0 Å². The van der Waals surface area contributed by atoms with E-state index in [1.54, 1.807) is 11.8 Å². The Morgan fingerprint density at radius 3 is 2.47 bits per heavy atom. The number of likely N-dealkylation sites (tertiary alicyclic amines) is 1. The van der Waals surface area contributed by atoms with E-state index in [9.17, 15) is 4.79 Å². The first-order valence-electron chi connectivity index (χ1n) is 13.0. The molecule has 4 aliphatic heterocycles. The van der Waals surface area contributed by atoms with Crippen LogP contribution in [0.25, 0.3) is 0 Å². The third kappa shape index (κ3) is 4.76. The van der Waals surface area contributed by atoms with Crippen molar-refractivity contribution >= 4 is 40.3 Å². The highest BCUT2D eigenvalue weighted by molar-refractivity contribution is 8.14. The maximum absolute atomic E-state index is 12.8. The lowest BCUT2D eigenvalue weighted by atomic mass is 9.97. The second-order valence-electron chi connectivity index (χ2n) is 10.2. The Morgan fingerprint density at radius 1 is 0.944 bits per heavy atom. The number of carbonyl (C=O) groups is 1. The molecule has 190 valence electrons. The first-order chi connectivity index (χ1) is 17.5. The second-order valence-corrected chi connectivity index (χ2v) is 11.2. The first-order valence-corrected chi connectivity index (χ1v) is 14.0. The van der Waals surface area contributed by atoms with Gasteiger partial charge in [0.25, 0.3) is 0 Å². The molecular formula is C26H34N8OS. The van der Waals surface area contributed by atoms with Crippen LogP contribution in [0.5, 0.6) is 0 Å². The van der Waals surface area contributed by atoms with Crippen molar-refractivity contribution in [2.24, 2.45) is 4.99 Å². The van der Waals surface area contributed by atoms with Crippen LogP contribution in [0.3, 0.4) is 0 Å². The molecule has 4 aliphatic rings. The summed E-state index contributed by atoms with van der Waals surface area (Å²) in [6.45, 7) is 7.35. The van der Waals surface area contributed by atoms with Crippen molar-refractivity contribution in [1.82, 2.24) is 19.8 Å². The summed E-state index contributed by atoms with van der Waals surface area (Å²) < 4.78 is 0. The van der Waals surface area contributed by atoms with E-state index in [1.165, 1.54) is 11.1 Å². The number of rotatable bonds is 4. The number of aliphatic imine (C=N–C) groups is 1. The quantitative estimate of drug-likeness (QED) is 0.672. The highest BCUT2D eigenvalue weighted by Gasteiger charge is 2.31. The monoisotopic (exact) mass is 506 g/mol. The summed E-state index contributed by atoms with van der Waals surface area (Å²) in [4.78, 5) is 35.7. The highest BCUT2D eigenvalue weighted by atomic mass is 32.2. The fraction of sp³-hybridized carbons (Fsp3) is 0.538. The van der Waals surface area contributed by atoms with E-state index >= 15 is 0 Å². The zero-order valence-electron chi connectivity index (χ0n) is 20.9. The number of carbonyl (C=O) groups excluding carboxylic acids is 1. The number of likely N-dealkylation sites (N-methyl/N-ethyl adjacent to an activating group) is 1. The number of hydrogen-bond acceptors (Lipinski definition) is 9. The SMILES string of the molecule is CN1CCN(c2cc(N3CCc4ccc(C5=NC(C(=O)N6CCCC6)CS5)cc4C3)nc(N)n2)CC1. The van der Waals surface area contributed by atoms with Crippen molar-refractivity contribution in [1.29, 1.82) is 0 Å². The number of fused-ring (bicyclic) bond motifs is 1. The number of nitrogen functional groups attached to an aromatic ring is 1. The van der Waals surface area contributed by atoms with Crippen LogP contribution < -0.4 is 15.5 Å². The van der Waals surface area contributed by atoms with Crippen molar-refractivity contribution in [3.63, 3.8) is 0 Å². The zero-order chi connectivity index (χ0) is 24.6. The van der Waals surface area contributed by atoms with Crippen molar-refractivity contribution < 1.29 is 4.79 Å². The minimum absolute atomic E-state index is 0.191. The summed E-state index contributed by atoms with van der Waals surface area (Å²) in [5.74, 6) is 3.05. The molecule has 0 spiro atoms. The van der Waals surface area contributed by atoms with Gasteiger partial charge in [0, 0.05) is 69.7 Å². The number of nitrogens with zero attached hydrogens (tertiary/aromatic N) is 7. The fourth-order valence-corrected chi connectivity index (χ4v) is 6.52. The van der Waals surface area contributed by atoms with Gasteiger partial charge in [-0.15, -0.1) is 11.8 Å². The lowest BCUT2D eigenvalue weighted by molar-refractivity contribution is -0.130. The molecule has 2 N–H and O–H groups in total. The number of nitrogens with two attached hydrogens (primary N) is 1. The van der Waals surface area contributed by atoms with Gasteiger partial charge in [-0.05, 0) is 43.5 Å². The van der Waals surface area contributed by atoms with Gasteiger partial charge < -0.3 is 25.3 Å². The van der Waals surface area contributed by atoms with E-state index in [0.717, 1.165) is 99.6 Å². The minimum Gasteiger partial charge on any atom is -0.368 e. The standard InChI is InChI=1S/C26H34N8OS/c1-31-10-12-32(13-11-31)22-15-23(30-26(27)29-22)34-9-6-18-4-5-19(14-20(18)16-34)24-28-21(17-36-24)25(35)33-7-2-3-8-33/h4-5,14-15,21H,2-3,6-13,16-17H2,1H3,(H2,27,29,30). The van der Waals surface area contributed by atoms with Crippen LogP contribution in [0.15, 0.2) is 29.3 Å². The summed E-state index contributed by atoms with van der Waals surface area (Å²) in [5, 5.41) is 0.983. The van der Waals surface area contributed by atoms with Gasteiger partial charge in [-0.2, -0.15) is 9.97 Å². The first kappa shape index (κ1) is 23.5. The molecule has 2 aromatic rings. The Bertz CT molecular complexity index is 1170. The van der Waals surface area contributed by atoms with Crippen LogP contribution in [0.1, 0.15) is 29.5 Å². The molecule has 1 unspecified atom stereocenters. The third-order valence-corrected chi connectivity index (χ3v) is 8.78. The highest BCUT2D eigenvalue weighted by Crippen LogP contribution is 2.30. The smallest absolute Gasteiger partial charge is 0.248 e. The summed E-state index contributed by atoms with van der Waals surface area (Å²) in [6.07, 6.45) is 3.18. The molecular weight excluding hydrogens is 472 g/mol.